The molecule has 1 saturated heterocycles. The second kappa shape index (κ2) is 4.98. The third kappa shape index (κ3) is 3.36. The van der Waals surface area contributed by atoms with Gasteiger partial charge in [0.25, 0.3) is 0 Å². The maximum absolute atomic E-state index is 11.0. The van der Waals surface area contributed by atoms with Gasteiger partial charge in [0.05, 0.1) is 6.61 Å². The number of hydrogen-bond donors (Lipinski definition) is 0. The van der Waals surface area contributed by atoms with Gasteiger partial charge in [0.1, 0.15) is 0 Å². The molecule has 80 valence electrons. The van der Waals surface area contributed by atoms with E-state index >= 15 is 0 Å². The lowest BCUT2D eigenvalue weighted by molar-refractivity contribution is -0.143. The van der Waals surface area contributed by atoms with E-state index in [2.05, 4.69) is 0 Å². The molecule has 0 aromatic heterocycles. The van der Waals surface area contributed by atoms with Crippen LogP contribution in [0.15, 0.2) is 0 Å². The number of carbonyl (C=O) groups excluding carboxylic acids is 2. The predicted molar refractivity (Wildman–Crippen MR) is 51.6 cm³/mol. The lowest BCUT2D eigenvalue weighted by Gasteiger charge is -2.30. The largest absolute Gasteiger partial charge is 0.466 e. The van der Waals surface area contributed by atoms with E-state index < -0.39 is 0 Å². The Kier molecular flexibility index (Phi) is 3.92. The van der Waals surface area contributed by atoms with E-state index in [1.54, 1.807) is 6.92 Å². The molecular weight excluding hydrogens is 182 g/mol. The van der Waals surface area contributed by atoms with Crippen molar-refractivity contribution in [1.29, 1.82) is 0 Å². The Balaban J connectivity index is 2.22. The molecule has 1 aliphatic heterocycles. The fourth-order valence-corrected chi connectivity index (χ4v) is 1.65. The van der Waals surface area contributed by atoms with Gasteiger partial charge in [-0.1, -0.05) is 0 Å². The summed E-state index contributed by atoms with van der Waals surface area (Å²) in [7, 11) is 0. The zero-order chi connectivity index (χ0) is 10.6. The van der Waals surface area contributed by atoms with E-state index in [9.17, 15) is 9.59 Å². The first-order valence-electron chi connectivity index (χ1n) is 4.98. The monoisotopic (exact) mass is 199 g/mol. The van der Waals surface area contributed by atoms with Crippen LogP contribution in [0.5, 0.6) is 0 Å². The Morgan fingerprint density at radius 1 is 1.29 bits per heavy atom. The number of likely N-dealkylation sites (tertiary alicyclic amines) is 1. The van der Waals surface area contributed by atoms with Crippen LogP contribution in [0.4, 0.5) is 0 Å². The highest BCUT2D eigenvalue weighted by Crippen LogP contribution is 2.17. The quantitative estimate of drug-likeness (QED) is 0.618. The van der Waals surface area contributed by atoms with E-state index in [0.717, 1.165) is 25.9 Å². The lowest BCUT2D eigenvalue weighted by atomic mass is 9.98. The van der Waals surface area contributed by atoms with Gasteiger partial charge in [0, 0.05) is 26.9 Å². The van der Waals surface area contributed by atoms with Crippen LogP contribution in [-0.4, -0.2) is 36.5 Å². The summed E-state index contributed by atoms with van der Waals surface area (Å²) in [5, 5.41) is 0. The van der Waals surface area contributed by atoms with Gasteiger partial charge in [-0.3, -0.25) is 9.59 Å². The van der Waals surface area contributed by atoms with Crippen molar-refractivity contribution >= 4 is 11.9 Å². The zero-order valence-corrected chi connectivity index (χ0v) is 8.78. The molecule has 0 aromatic carbocycles. The summed E-state index contributed by atoms with van der Waals surface area (Å²) in [4.78, 5) is 23.4. The van der Waals surface area contributed by atoms with Gasteiger partial charge >= 0.3 is 5.97 Å². The van der Waals surface area contributed by atoms with Crippen molar-refractivity contribution in [2.24, 2.45) is 5.92 Å². The molecular formula is C10H17NO3. The lowest BCUT2D eigenvalue weighted by Crippen LogP contribution is -2.38. The summed E-state index contributed by atoms with van der Waals surface area (Å²) >= 11 is 0. The van der Waals surface area contributed by atoms with Crippen LogP contribution in [-0.2, 0) is 14.3 Å². The Labute approximate surface area is 84.2 Å². The molecule has 1 fully saturated rings. The normalized spacial score (nSPS) is 18.0. The molecule has 0 aromatic rings. The van der Waals surface area contributed by atoms with E-state index in [1.165, 1.54) is 6.92 Å². The summed E-state index contributed by atoms with van der Waals surface area (Å²) in [6.07, 6.45) is 1.87. The molecule has 1 amide bonds. The molecule has 0 bridgehead atoms. The highest BCUT2D eigenvalue weighted by atomic mass is 16.5. The number of hydrogen-bond acceptors (Lipinski definition) is 3. The van der Waals surface area contributed by atoms with Crippen molar-refractivity contribution in [3.63, 3.8) is 0 Å². The number of piperidine rings is 1. The molecule has 1 aliphatic rings. The molecule has 4 nitrogen and oxygen atoms in total. The van der Waals surface area contributed by atoms with Gasteiger partial charge < -0.3 is 9.64 Å². The average Bonchev–Trinajstić information content (AvgIpc) is 2.15. The van der Waals surface area contributed by atoms with Crippen molar-refractivity contribution in [2.45, 2.75) is 26.7 Å². The number of rotatable bonds is 2. The smallest absolute Gasteiger partial charge is 0.302 e. The molecule has 14 heavy (non-hydrogen) atoms. The molecule has 0 aliphatic carbocycles. The molecule has 4 heteroatoms. The third-order valence-corrected chi connectivity index (χ3v) is 2.58. The summed E-state index contributed by atoms with van der Waals surface area (Å²) in [6.45, 7) is 5.10. The van der Waals surface area contributed by atoms with Crippen LogP contribution < -0.4 is 0 Å². The number of carbonyl (C=O) groups is 2. The van der Waals surface area contributed by atoms with Crippen LogP contribution in [0.2, 0.25) is 0 Å². The van der Waals surface area contributed by atoms with E-state index in [-0.39, 0.29) is 11.9 Å². The minimum absolute atomic E-state index is 0.135. The standard InChI is InChI=1S/C10H17NO3/c1-8(12)11-5-3-10(4-6-11)7-14-9(2)13/h10H,3-7H2,1-2H3. The van der Waals surface area contributed by atoms with Crippen molar-refractivity contribution in [3.05, 3.63) is 0 Å². The van der Waals surface area contributed by atoms with Gasteiger partial charge in [-0.2, -0.15) is 0 Å². The Morgan fingerprint density at radius 2 is 1.86 bits per heavy atom. The van der Waals surface area contributed by atoms with Gasteiger partial charge in [0.2, 0.25) is 5.91 Å². The summed E-state index contributed by atoms with van der Waals surface area (Å²) < 4.78 is 4.93. The first-order chi connectivity index (χ1) is 6.59. The maximum atomic E-state index is 11.0. The predicted octanol–water partition coefficient (Wildman–Crippen LogP) is 0.808. The second-order valence-corrected chi connectivity index (χ2v) is 3.75. The van der Waals surface area contributed by atoms with Crippen LogP contribution in [0.25, 0.3) is 0 Å². The van der Waals surface area contributed by atoms with E-state index in [4.69, 9.17) is 4.74 Å². The van der Waals surface area contributed by atoms with Crippen molar-refractivity contribution in [1.82, 2.24) is 4.90 Å². The highest BCUT2D eigenvalue weighted by molar-refractivity contribution is 5.73. The molecule has 0 radical (unpaired) electrons. The molecule has 0 saturated carbocycles. The summed E-state index contributed by atoms with van der Waals surface area (Å²) in [5.74, 6) is 0.337. The van der Waals surface area contributed by atoms with Gasteiger partial charge in [0.15, 0.2) is 0 Å². The van der Waals surface area contributed by atoms with Crippen molar-refractivity contribution < 1.29 is 14.3 Å². The fraction of sp³-hybridized carbons (Fsp3) is 0.800. The second-order valence-electron chi connectivity index (χ2n) is 3.75. The Morgan fingerprint density at radius 3 is 2.29 bits per heavy atom. The molecule has 1 heterocycles. The van der Waals surface area contributed by atoms with E-state index in [1.807, 2.05) is 4.90 Å². The average molecular weight is 199 g/mol. The Hall–Kier alpha value is -1.06. The third-order valence-electron chi connectivity index (χ3n) is 2.58. The van der Waals surface area contributed by atoms with Gasteiger partial charge in [-0.15, -0.1) is 0 Å². The van der Waals surface area contributed by atoms with Crippen LogP contribution in [0.3, 0.4) is 0 Å². The van der Waals surface area contributed by atoms with Crippen LogP contribution >= 0.6 is 0 Å². The van der Waals surface area contributed by atoms with Crippen molar-refractivity contribution in [2.75, 3.05) is 19.7 Å². The van der Waals surface area contributed by atoms with Crippen LogP contribution in [0, 0.1) is 5.92 Å². The number of esters is 1. The molecule has 1 rings (SSSR count). The topological polar surface area (TPSA) is 46.6 Å². The van der Waals surface area contributed by atoms with Crippen LogP contribution in [0.1, 0.15) is 26.7 Å². The first-order valence-corrected chi connectivity index (χ1v) is 4.98. The SMILES string of the molecule is CC(=O)OCC1CCN(C(C)=O)CC1. The Bertz CT molecular complexity index is 219. The first kappa shape index (κ1) is 11.0. The molecule has 0 spiro atoms. The number of amides is 1. The zero-order valence-electron chi connectivity index (χ0n) is 8.78. The van der Waals surface area contributed by atoms with Crippen molar-refractivity contribution in [3.8, 4) is 0 Å². The summed E-state index contributed by atoms with van der Waals surface area (Å²) in [5.41, 5.74) is 0. The molecule has 0 atom stereocenters. The molecule has 0 unspecified atom stereocenters. The minimum Gasteiger partial charge on any atom is -0.466 e. The number of nitrogens with zero attached hydrogens (tertiary/aromatic N) is 1. The van der Waals surface area contributed by atoms with Gasteiger partial charge in [-0.25, -0.2) is 0 Å². The number of ether oxygens (including phenoxy) is 1. The van der Waals surface area contributed by atoms with Gasteiger partial charge in [-0.05, 0) is 18.8 Å². The van der Waals surface area contributed by atoms with E-state index in [0.29, 0.717) is 12.5 Å². The molecule has 0 N–H and O–H groups in total. The highest BCUT2D eigenvalue weighted by Gasteiger charge is 2.21. The minimum atomic E-state index is -0.223. The fourth-order valence-electron chi connectivity index (χ4n) is 1.65. The maximum Gasteiger partial charge on any atom is 0.302 e. The summed E-state index contributed by atoms with van der Waals surface area (Å²) in [6, 6.07) is 0.